The van der Waals surface area contributed by atoms with Crippen molar-refractivity contribution >= 4 is 23.8 Å². The number of likely N-dealkylation sites (tertiary alicyclic amines) is 1. The van der Waals surface area contributed by atoms with Crippen molar-refractivity contribution < 1.29 is 37.9 Å². The molecule has 1 N–H and O–H groups in total. The van der Waals surface area contributed by atoms with E-state index in [2.05, 4.69) is 27.6 Å². The molecular formula is C33H36N4O8. The largest absolute Gasteiger partial charge is 0.484 e. The fourth-order valence-corrected chi connectivity index (χ4v) is 5.77. The summed E-state index contributed by atoms with van der Waals surface area (Å²) >= 11 is 0. The van der Waals surface area contributed by atoms with Crippen LogP contribution in [0.3, 0.4) is 0 Å². The summed E-state index contributed by atoms with van der Waals surface area (Å²) in [5, 5.41) is 6.59. The number of aromatic nitrogens is 2. The molecule has 12 nitrogen and oxygen atoms in total. The predicted octanol–water partition coefficient (Wildman–Crippen LogP) is 3.90. The monoisotopic (exact) mass is 616 g/mol. The first-order valence-corrected chi connectivity index (χ1v) is 15.4. The molecule has 2 aliphatic heterocycles. The van der Waals surface area contributed by atoms with Crippen LogP contribution in [0.15, 0.2) is 53.1 Å². The molecule has 0 unspecified atom stereocenters. The molecule has 1 aromatic heterocycles. The maximum atomic E-state index is 13.0. The summed E-state index contributed by atoms with van der Waals surface area (Å²) in [6, 6.07) is 14.4. The molecule has 12 heteroatoms. The van der Waals surface area contributed by atoms with Crippen LogP contribution in [0.2, 0.25) is 0 Å². The zero-order chi connectivity index (χ0) is 31.5. The Morgan fingerprint density at radius 1 is 1.04 bits per heavy atom. The number of esters is 2. The number of carbonyl (C=O) groups excluding carboxylic acids is 4. The lowest BCUT2D eigenvalue weighted by molar-refractivity contribution is -0.139. The highest BCUT2D eigenvalue weighted by molar-refractivity contribution is 5.90. The fraction of sp³-hybridized carbons (Fsp3) is 0.455. The quantitative estimate of drug-likeness (QED) is 0.332. The third-order valence-electron chi connectivity index (χ3n) is 8.37. The van der Waals surface area contributed by atoms with E-state index in [9.17, 15) is 19.2 Å². The van der Waals surface area contributed by atoms with Crippen LogP contribution in [0, 0.1) is 12.8 Å². The number of hydrogen-bond donors (Lipinski definition) is 1. The molecular weight excluding hydrogens is 580 g/mol. The van der Waals surface area contributed by atoms with Gasteiger partial charge in [0, 0.05) is 6.54 Å². The molecule has 45 heavy (non-hydrogen) atoms. The number of benzene rings is 2. The van der Waals surface area contributed by atoms with E-state index in [1.165, 1.54) is 18.4 Å². The predicted molar refractivity (Wildman–Crippen MR) is 158 cm³/mol. The zero-order valence-electron chi connectivity index (χ0n) is 25.3. The van der Waals surface area contributed by atoms with Gasteiger partial charge in [-0.05, 0) is 80.8 Å². The second kappa shape index (κ2) is 13.1. The second-order valence-corrected chi connectivity index (χ2v) is 12.0. The highest BCUT2D eigenvalue weighted by Gasteiger charge is 2.36. The topological polar surface area (TPSA) is 150 Å². The molecule has 4 atom stereocenters. The van der Waals surface area contributed by atoms with E-state index in [0.29, 0.717) is 42.4 Å². The van der Waals surface area contributed by atoms with E-state index in [4.69, 9.17) is 18.7 Å². The van der Waals surface area contributed by atoms with Crippen molar-refractivity contribution in [3.63, 3.8) is 0 Å². The molecule has 1 aliphatic carbocycles. The Labute approximate surface area is 260 Å². The van der Waals surface area contributed by atoms with E-state index < -0.39 is 36.0 Å². The van der Waals surface area contributed by atoms with Crippen molar-refractivity contribution in [1.82, 2.24) is 20.4 Å². The first-order chi connectivity index (χ1) is 21.7. The number of aryl methyl sites for hydroxylation is 1. The molecule has 2 amide bonds. The first kappa shape index (κ1) is 30.3. The Kier molecular flexibility index (Phi) is 8.81. The van der Waals surface area contributed by atoms with Crippen molar-refractivity contribution in [3.05, 3.63) is 76.9 Å². The molecule has 0 bridgehead atoms. The Morgan fingerprint density at radius 2 is 1.80 bits per heavy atom. The molecule has 2 saturated heterocycles. The molecule has 236 valence electrons. The van der Waals surface area contributed by atoms with E-state index in [-0.39, 0.29) is 37.3 Å². The van der Waals surface area contributed by atoms with E-state index in [1.54, 1.807) is 36.1 Å². The van der Waals surface area contributed by atoms with Gasteiger partial charge in [-0.1, -0.05) is 29.4 Å². The molecule has 3 heterocycles. The number of amides is 2. The number of carbonyl (C=O) groups is 4. The van der Waals surface area contributed by atoms with Crippen LogP contribution >= 0.6 is 0 Å². The summed E-state index contributed by atoms with van der Waals surface area (Å²) in [7, 11) is 0. The van der Waals surface area contributed by atoms with Gasteiger partial charge in [0.2, 0.25) is 5.91 Å². The lowest BCUT2D eigenvalue weighted by atomic mass is 10.00. The smallest absolute Gasteiger partial charge is 0.338 e. The van der Waals surface area contributed by atoms with Crippen LogP contribution in [0.5, 0.6) is 5.75 Å². The summed E-state index contributed by atoms with van der Waals surface area (Å²) in [6.07, 6.45) is 2.81. The van der Waals surface area contributed by atoms with Gasteiger partial charge in [0.05, 0.1) is 30.5 Å². The highest BCUT2D eigenvalue weighted by atomic mass is 16.5. The number of nitrogens with one attached hydrogen (secondary N) is 1. The fourth-order valence-electron chi connectivity index (χ4n) is 5.77. The summed E-state index contributed by atoms with van der Waals surface area (Å²) in [4.78, 5) is 55.7. The summed E-state index contributed by atoms with van der Waals surface area (Å²) in [5.74, 6) is -0.638. The van der Waals surface area contributed by atoms with Gasteiger partial charge < -0.3 is 29.0 Å². The van der Waals surface area contributed by atoms with Crippen molar-refractivity contribution in [2.24, 2.45) is 5.92 Å². The number of nitrogens with zero attached hydrogens (tertiary/aromatic N) is 3. The molecule has 2 aromatic carbocycles. The van der Waals surface area contributed by atoms with Crippen LogP contribution in [0.1, 0.15) is 89.0 Å². The van der Waals surface area contributed by atoms with Crippen LogP contribution in [-0.4, -0.2) is 70.6 Å². The van der Waals surface area contributed by atoms with Crippen molar-refractivity contribution in [2.45, 2.75) is 70.1 Å². The van der Waals surface area contributed by atoms with Crippen LogP contribution in [0.25, 0.3) is 0 Å². The Morgan fingerprint density at radius 3 is 2.44 bits per heavy atom. The maximum absolute atomic E-state index is 13.0. The normalized spacial score (nSPS) is 21.0. The van der Waals surface area contributed by atoms with Crippen molar-refractivity contribution in [1.29, 1.82) is 0 Å². The van der Waals surface area contributed by atoms with Gasteiger partial charge in [0.1, 0.15) is 24.6 Å². The molecule has 3 aliphatic rings. The Bertz CT molecular complexity index is 1550. The summed E-state index contributed by atoms with van der Waals surface area (Å²) in [5.41, 5.74) is 2.51. The molecule has 3 fully saturated rings. The van der Waals surface area contributed by atoms with Gasteiger partial charge in [-0.25, -0.2) is 4.79 Å². The van der Waals surface area contributed by atoms with Crippen LogP contribution < -0.4 is 10.1 Å². The average Bonchev–Trinajstić information content (AvgIpc) is 3.66. The van der Waals surface area contributed by atoms with Gasteiger partial charge in [-0.2, -0.15) is 4.98 Å². The van der Waals surface area contributed by atoms with Gasteiger partial charge in [0.25, 0.3) is 0 Å². The standard InChI is InChI=1S/C33H36N4O8/c1-19(34-30(39)31-35-20(2)36-45-31)29(23-9-7-22(8-10-23)21-5-6-21)43-26-13-11-24(12-14-26)33(41)44-27-4-3-15-37(17-27)32(40)25-16-28(38)42-18-25/h7-14,19,21,25,27,29H,3-6,15-18H2,1-2H3,(H,34,39)/t19-,25+,27-,29-/m0/s1. The molecule has 0 radical (unpaired) electrons. The van der Waals surface area contributed by atoms with E-state index in [1.807, 2.05) is 19.1 Å². The summed E-state index contributed by atoms with van der Waals surface area (Å²) < 4.78 is 22.1. The Hall–Kier alpha value is -4.74. The summed E-state index contributed by atoms with van der Waals surface area (Å²) in [6.45, 7) is 4.41. The van der Waals surface area contributed by atoms with Gasteiger partial charge in [0.15, 0.2) is 5.82 Å². The van der Waals surface area contributed by atoms with E-state index in [0.717, 1.165) is 5.56 Å². The minimum Gasteiger partial charge on any atom is -0.484 e. The molecule has 0 spiro atoms. The second-order valence-electron chi connectivity index (χ2n) is 12.0. The molecule has 1 saturated carbocycles. The first-order valence-electron chi connectivity index (χ1n) is 15.4. The maximum Gasteiger partial charge on any atom is 0.338 e. The highest BCUT2D eigenvalue weighted by Crippen LogP contribution is 2.40. The van der Waals surface area contributed by atoms with Gasteiger partial charge in [-0.15, -0.1) is 0 Å². The number of piperidine rings is 1. The lowest BCUT2D eigenvalue weighted by Crippen LogP contribution is -2.46. The minimum absolute atomic E-state index is 0.0877. The SMILES string of the molecule is Cc1noc(C(=O)N[C@@H](C)[C@H](Oc2ccc(C(=O)O[C@H]3CCCN(C(=O)[C@H]4COC(=O)C4)C3)cc2)c2ccc(C3CC3)cc2)n1. The third-order valence-corrected chi connectivity index (χ3v) is 8.37. The molecule has 6 rings (SSSR count). The van der Waals surface area contributed by atoms with Gasteiger partial charge >= 0.3 is 23.7 Å². The number of rotatable bonds is 10. The van der Waals surface area contributed by atoms with E-state index >= 15 is 0 Å². The molecule has 3 aromatic rings. The third kappa shape index (κ3) is 7.33. The minimum atomic E-state index is -0.560. The van der Waals surface area contributed by atoms with Crippen LogP contribution in [-0.2, 0) is 19.1 Å². The Balaban J connectivity index is 1.10. The number of ether oxygens (including phenoxy) is 3. The van der Waals surface area contributed by atoms with Crippen molar-refractivity contribution in [2.75, 3.05) is 19.7 Å². The average molecular weight is 617 g/mol. The number of hydrogen-bond acceptors (Lipinski definition) is 10. The zero-order valence-corrected chi connectivity index (χ0v) is 25.3. The van der Waals surface area contributed by atoms with Crippen LogP contribution in [0.4, 0.5) is 0 Å². The van der Waals surface area contributed by atoms with Gasteiger partial charge in [-0.3, -0.25) is 14.4 Å². The lowest BCUT2D eigenvalue weighted by Gasteiger charge is -2.33. The van der Waals surface area contributed by atoms with Crippen molar-refractivity contribution in [3.8, 4) is 5.75 Å². The number of cyclic esters (lactones) is 1.